The summed E-state index contributed by atoms with van der Waals surface area (Å²) >= 11 is 0. The highest BCUT2D eigenvalue weighted by Crippen LogP contribution is 2.20. The van der Waals surface area contributed by atoms with Gasteiger partial charge in [0.1, 0.15) is 11.5 Å². The van der Waals surface area contributed by atoms with Crippen LogP contribution in [-0.4, -0.2) is 19.6 Å². The lowest BCUT2D eigenvalue weighted by Crippen LogP contribution is -2.05. The topological polar surface area (TPSA) is 63.6 Å². The largest absolute Gasteiger partial charge is 0.493 e. The molecule has 0 aliphatic carbocycles. The summed E-state index contributed by atoms with van der Waals surface area (Å²) in [7, 11) is -4.03. The van der Waals surface area contributed by atoms with E-state index in [0.29, 0.717) is 17.9 Å². The number of para-hydroxylation sites is 1. The predicted molar refractivity (Wildman–Crippen MR) is 99.0 cm³/mol. The van der Waals surface area contributed by atoms with Crippen LogP contribution >= 0.6 is 0 Å². The van der Waals surface area contributed by atoms with Gasteiger partial charge in [-0.1, -0.05) is 82.9 Å². The van der Waals surface area contributed by atoms with E-state index >= 15 is 0 Å². The van der Waals surface area contributed by atoms with Crippen LogP contribution in [-0.2, 0) is 15.9 Å². The van der Waals surface area contributed by atoms with Gasteiger partial charge < -0.3 is 4.74 Å². The van der Waals surface area contributed by atoms with Crippen LogP contribution in [0.3, 0.4) is 0 Å². The highest BCUT2D eigenvalue weighted by Gasteiger charge is 2.11. The fourth-order valence-electron chi connectivity index (χ4n) is 2.73. The van der Waals surface area contributed by atoms with Crippen LogP contribution in [0.5, 0.6) is 5.75 Å². The van der Waals surface area contributed by atoms with Gasteiger partial charge in [-0.2, -0.15) is 8.42 Å². The van der Waals surface area contributed by atoms with E-state index < -0.39 is 15.9 Å². The predicted octanol–water partition coefficient (Wildman–Crippen LogP) is 5.37. The Kier molecular flexibility index (Phi) is 10.8. The summed E-state index contributed by atoms with van der Waals surface area (Å²) in [4.78, 5) is 0. The summed E-state index contributed by atoms with van der Waals surface area (Å²) in [5.41, 5.74) is 0.507. The van der Waals surface area contributed by atoms with Gasteiger partial charge in [0.2, 0.25) is 0 Å². The number of rotatable bonds is 14. The first kappa shape index (κ1) is 21.0. The lowest BCUT2D eigenvalue weighted by Gasteiger charge is -2.10. The van der Waals surface area contributed by atoms with Crippen molar-refractivity contribution < 1.29 is 17.7 Å². The zero-order valence-electron chi connectivity index (χ0n) is 14.9. The van der Waals surface area contributed by atoms with Gasteiger partial charge in [0.05, 0.1) is 6.61 Å². The van der Waals surface area contributed by atoms with Crippen molar-refractivity contribution in [2.75, 3.05) is 6.61 Å². The molecule has 0 saturated carbocycles. The van der Waals surface area contributed by atoms with Crippen molar-refractivity contribution in [3.63, 3.8) is 0 Å². The molecule has 0 aliphatic heterocycles. The minimum Gasteiger partial charge on any atom is -0.493 e. The van der Waals surface area contributed by atoms with Crippen LogP contribution in [0, 0.1) is 0 Å². The number of hydrogen-bond acceptors (Lipinski definition) is 3. The van der Waals surface area contributed by atoms with Crippen molar-refractivity contribution in [2.24, 2.45) is 0 Å². The van der Waals surface area contributed by atoms with Crippen LogP contribution in [0.2, 0.25) is 0 Å². The molecule has 1 rings (SSSR count). The third-order valence-corrected chi connectivity index (χ3v) is 4.74. The van der Waals surface area contributed by atoms with E-state index in [2.05, 4.69) is 6.92 Å². The highest BCUT2D eigenvalue weighted by atomic mass is 32.2. The van der Waals surface area contributed by atoms with E-state index in [1.807, 2.05) is 0 Å². The van der Waals surface area contributed by atoms with Crippen molar-refractivity contribution in [3.05, 3.63) is 29.8 Å². The second kappa shape index (κ2) is 12.3. The average molecular weight is 357 g/mol. The first-order valence-corrected chi connectivity index (χ1v) is 10.8. The normalized spacial score (nSPS) is 11.6. The Bertz CT molecular complexity index is 540. The molecule has 0 heterocycles. The maximum absolute atomic E-state index is 11.0. The van der Waals surface area contributed by atoms with Gasteiger partial charge in [-0.15, -0.1) is 0 Å². The summed E-state index contributed by atoms with van der Waals surface area (Å²) in [5, 5.41) is 0. The third-order valence-electron chi connectivity index (χ3n) is 4.07. The van der Waals surface area contributed by atoms with Crippen molar-refractivity contribution in [3.8, 4) is 5.75 Å². The van der Waals surface area contributed by atoms with Gasteiger partial charge in [-0.05, 0) is 12.5 Å². The van der Waals surface area contributed by atoms with Crippen molar-refractivity contribution in [1.82, 2.24) is 0 Å². The highest BCUT2D eigenvalue weighted by molar-refractivity contribution is 7.85. The Hall–Kier alpha value is -1.07. The van der Waals surface area contributed by atoms with E-state index in [1.54, 1.807) is 24.3 Å². The zero-order chi connectivity index (χ0) is 17.7. The van der Waals surface area contributed by atoms with Crippen molar-refractivity contribution >= 4 is 10.1 Å². The molecular formula is C19H32O4S. The lowest BCUT2D eigenvalue weighted by atomic mass is 10.1. The van der Waals surface area contributed by atoms with Crippen LogP contribution in [0.25, 0.3) is 0 Å². The summed E-state index contributed by atoms with van der Waals surface area (Å²) in [5.74, 6) is 0.146. The molecule has 138 valence electrons. The fourth-order valence-corrected chi connectivity index (χ4v) is 3.36. The second-order valence-electron chi connectivity index (χ2n) is 6.36. The summed E-state index contributed by atoms with van der Waals surface area (Å²) < 4.78 is 36.7. The first-order valence-electron chi connectivity index (χ1n) is 9.19. The van der Waals surface area contributed by atoms with Crippen LogP contribution in [0.15, 0.2) is 24.3 Å². The number of hydrogen-bond donors (Lipinski definition) is 1. The summed E-state index contributed by atoms with van der Waals surface area (Å²) in [6.07, 6.45) is 12.7. The van der Waals surface area contributed by atoms with E-state index in [-0.39, 0.29) is 0 Å². The molecule has 24 heavy (non-hydrogen) atoms. The van der Waals surface area contributed by atoms with Gasteiger partial charge in [0, 0.05) is 5.56 Å². The Balaban J connectivity index is 2.11. The van der Waals surface area contributed by atoms with E-state index in [9.17, 15) is 8.42 Å². The second-order valence-corrected chi connectivity index (χ2v) is 7.82. The summed E-state index contributed by atoms with van der Waals surface area (Å²) in [6.45, 7) is 2.82. The maximum Gasteiger partial charge on any atom is 0.269 e. The lowest BCUT2D eigenvalue weighted by molar-refractivity contribution is 0.302. The molecule has 0 aliphatic rings. The third kappa shape index (κ3) is 10.7. The van der Waals surface area contributed by atoms with Gasteiger partial charge in [-0.3, -0.25) is 4.55 Å². The molecule has 0 unspecified atom stereocenters. The van der Waals surface area contributed by atoms with E-state index in [0.717, 1.165) is 12.8 Å². The molecule has 5 heteroatoms. The molecule has 0 bridgehead atoms. The smallest absolute Gasteiger partial charge is 0.269 e. The van der Waals surface area contributed by atoms with Crippen LogP contribution in [0.4, 0.5) is 0 Å². The van der Waals surface area contributed by atoms with Gasteiger partial charge in [0.25, 0.3) is 10.1 Å². The fraction of sp³-hybridized carbons (Fsp3) is 0.684. The average Bonchev–Trinajstić information content (AvgIpc) is 2.52. The van der Waals surface area contributed by atoms with Gasteiger partial charge in [0.15, 0.2) is 0 Å². The molecule has 0 aromatic heterocycles. The molecule has 4 nitrogen and oxygen atoms in total. The molecule has 0 spiro atoms. The molecule has 1 aromatic rings. The van der Waals surface area contributed by atoms with Crippen molar-refractivity contribution in [1.29, 1.82) is 0 Å². The summed E-state index contributed by atoms with van der Waals surface area (Å²) in [6, 6.07) is 6.97. The molecule has 0 fully saturated rings. The molecular weight excluding hydrogens is 324 g/mol. The van der Waals surface area contributed by atoms with Crippen molar-refractivity contribution in [2.45, 2.75) is 76.9 Å². The Morgan fingerprint density at radius 3 is 2.00 bits per heavy atom. The SMILES string of the molecule is CCCCCCCCCCCCOc1ccccc1CS(=O)(=O)O. The minimum atomic E-state index is -4.03. The van der Waals surface area contributed by atoms with Gasteiger partial charge in [-0.25, -0.2) is 0 Å². The number of ether oxygens (including phenoxy) is 1. The molecule has 1 aromatic carbocycles. The molecule has 0 saturated heterocycles. The monoisotopic (exact) mass is 356 g/mol. The standard InChI is InChI=1S/C19H32O4S/c1-2-3-4-5-6-7-8-9-10-13-16-23-19-15-12-11-14-18(19)17-24(20,21)22/h11-12,14-15H,2-10,13,16-17H2,1H3,(H,20,21,22). The Labute approximate surface area is 147 Å². The van der Waals surface area contributed by atoms with E-state index in [1.165, 1.54) is 51.4 Å². The Morgan fingerprint density at radius 2 is 1.42 bits per heavy atom. The van der Waals surface area contributed by atoms with Gasteiger partial charge >= 0.3 is 0 Å². The van der Waals surface area contributed by atoms with E-state index in [4.69, 9.17) is 9.29 Å². The molecule has 0 amide bonds. The Morgan fingerprint density at radius 1 is 0.875 bits per heavy atom. The molecule has 0 radical (unpaired) electrons. The quantitative estimate of drug-likeness (QED) is 0.359. The zero-order valence-corrected chi connectivity index (χ0v) is 15.7. The van der Waals surface area contributed by atoms with Crippen LogP contribution < -0.4 is 4.74 Å². The van der Waals surface area contributed by atoms with Crippen LogP contribution in [0.1, 0.15) is 76.7 Å². The number of benzene rings is 1. The molecule has 1 N–H and O–H groups in total. The number of unbranched alkanes of at least 4 members (excludes halogenated alkanes) is 9. The maximum atomic E-state index is 11.0. The first-order chi connectivity index (χ1) is 11.5. The molecule has 0 atom stereocenters. The minimum absolute atomic E-state index is 0.402.